The Morgan fingerprint density at radius 2 is 1.47 bits per heavy atom. The van der Waals surface area contributed by atoms with Gasteiger partial charge >= 0.3 is 0 Å². The Kier molecular flexibility index (Phi) is 7.53. The van der Waals surface area contributed by atoms with Crippen LogP contribution in [0.2, 0.25) is 15.1 Å². The molecular formula is C25H20Cl3NO4S. The molecule has 1 unspecified atom stereocenters. The van der Waals surface area contributed by atoms with Crippen molar-refractivity contribution in [3.05, 3.63) is 85.7 Å². The molecule has 3 aromatic rings. The number of ether oxygens (including phenoxy) is 3. The van der Waals surface area contributed by atoms with Gasteiger partial charge in [-0.3, -0.25) is 9.69 Å². The Balaban J connectivity index is 1.89. The van der Waals surface area contributed by atoms with Gasteiger partial charge in [0.2, 0.25) is 5.75 Å². The van der Waals surface area contributed by atoms with Crippen molar-refractivity contribution in [3.63, 3.8) is 0 Å². The lowest BCUT2D eigenvalue weighted by atomic mass is 10.1. The molecule has 0 aromatic heterocycles. The van der Waals surface area contributed by atoms with Crippen LogP contribution in [0.4, 0.5) is 5.69 Å². The standard InChI is InChI=1S/C25H20Cl3NO4S/c1-31-20-10-15(11-21(32-2)23(20)33-3)25-29(19-13-17(27)16(26)12-18(19)28)24(30)22(34-25)9-14-7-5-4-6-8-14/h4-13,25H,1-3H3/b22-9+. The minimum absolute atomic E-state index is 0.215. The highest BCUT2D eigenvalue weighted by Gasteiger charge is 2.40. The summed E-state index contributed by atoms with van der Waals surface area (Å²) in [5.74, 6) is 1.20. The molecule has 34 heavy (non-hydrogen) atoms. The van der Waals surface area contributed by atoms with Crippen LogP contribution in [-0.2, 0) is 4.79 Å². The second-order valence-electron chi connectivity index (χ2n) is 7.24. The lowest BCUT2D eigenvalue weighted by molar-refractivity contribution is -0.114. The lowest BCUT2D eigenvalue weighted by Crippen LogP contribution is -2.27. The van der Waals surface area contributed by atoms with E-state index in [9.17, 15) is 4.79 Å². The van der Waals surface area contributed by atoms with Gasteiger partial charge < -0.3 is 14.2 Å². The van der Waals surface area contributed by atoms with Crippen LogP contribution in [0.25, 0.3) is 6.08 Å². The van der Waals surface area contributed by atoms with Crippen LogP contribution in [0.15, 0.2) is 59.5 Å². The summed E-state index contributed by atoms with van der Waals surface area (Å²) in [5, 5.41) is 0.426. The zero-order chi connectivity index (χ0) is 24.4. The summed E-state index contributed by atoms with van der Waals surface area (Å²) < 4.78 is 16.5. The van der Waals surface area contributed by atoms with E-state index in [1.165, 1.54) is 24.9 Å². The number of halogens is 3. The fourth-order valence-electron chi connectivity index (χ4n) is 3.64. The number of hydrogen-bond acceptors (Lipinski definition) is 5. The maximum Gasteiger partial charge on any atom is 0.266 e. The smallest absolute Gasteiger partial charge is 0.266 e. The van der Waals surface area contributed by atoms with Gasteiger partial charge in [-0.1, -0.05) is 76.9 Å². The number of hydrogen-bond donors (Lipinski definition) is 0. The van der Waals surface area contributed by atoms with E-state index in [0.29, 0.717) is 42.9 Å². The third kappa shape index (κ3) is 4.68. The fraction of sp³-hybridized carbons (Fsp3) is 0.160. The zero-order valence-electron chi connectivity index (χ0n) is 18.5. The highest BCUT2D eigenvalue weighted by Crippen LogP contribution is 2.53. The second kappa shape index (κ2) is 10.4. The minimum atomic E-state index is -0.481. The highest BCUT2D eigenvalue weighted by molar-refractivity contribution is 8.05. The summed E-state index contributed by atoms with van der Waals surface area (Å²) in [6.45, 7) is 0. The van der Waals surface area contributed by atoms with Gasteiger partial charge in [-0.05, 0) is 41.5 Å². The van der Waals surface area contributed by atoms with Gasteiger partial charge in [0.1, 0.15) is 5.37 Å². The van der Waals surface area contributed by atoms with E-state index in [1.807, 2.05) is 48.5 Å². The van der Waals surface area contributed by atoms with Crippen molar-refractivity contribution in [2.24, 2.45) is 0 Å². The van der Waals surface area contributed by atoms with E-state index in [1.54, 1.807) is 25.2 Å². The summed E-state index contributed by atoms with van der Waals surface area (Å²) in [5.41, 5.74) is 2.11. The first-order valence-electron chi connectivity index (χ1n) is 10.1. The van der Waals surface area contributed by atoms with Crippen LogP contribution in [0, 0.1) is 0 Å². The van der Waals surface area contributed by atoms with Crippen LogP contribution < -0.4 is 19.1 Å². The lowest BCUT2D eigenvalue weighted by Gasteiger charge is -2.26. The quantitative estimate of drug-likeness (QED) is 0.241. The number of methoxy groups -OCH3 is 3. The zero-order valence-corrected chi connectivity index (χ0v) is 21.6. The third-order valence-corrected chi connectivity index (χ3v) is 7.50. The first-order chi connectivity index (χ1) is 16.4. The number of benzene rings is 3. The molecule has 0 spiro atoms. The fourth-order valence-corrected chi connectivity index (χ4v) is 5.50. The van der Waals surface area contributed by atoms with Crippen LogP contribution in [0.3, 0.4) is 0 Å². The Labute approximate surface area is 217 Å². The molecule has 0 bridgehead atoms. The number of carbonyl (C=O) groups is 1. The van der Waals surface area contributed by atoms with Gasteiger partial charge in [0.25, 0.3) is 5.91 Å². The number of anilines is 1. The minimum Gasteiger partial charge on any atom is -0.493 e. The van der Waals surface area contributed by atoms with Crippen molar-refractivity contribution in [2.75, 3.05) is 26.2 Å². The Bertz CT molecular complexity index is 1240. The predicted octanol–water partition coefficient (Wildman–Crippen LogP) is 7.49. The van der Waals surface area contributed by atoms with Gasteiger partial charge in [0.15, 0.2) is 11.5 Å². The number of rotatable bonds is 6. The third-order valence-electron chi connectivity index (χ3n) is 5.22. The van der Waals surface area contributed by atoms with E-state index in [4.69, 9.17) is 49.0 Å². The number of nitrogens with zero attached hydrogens (tertiary/aromatic N) is 1. The van der Waals surface area contributed by atoms with Gasteiger partial charge in [-0.15, -0.1) is 0 Å². The molecule has 0 N–H and O–H groups in total. The van der Waals surface area contributed by atoms with E-state index >= 15 is 0 Å². The van der Waals surface area contributed by atoms with Crippen molar-refractivity contribution in [3.8, 4) is 17.2 Å². The maximum absolute atomic E-state index is 13.7. The molecular weight excluding hydrogens is 517 g/mol. The summed E-state index contributed by atoms with van der Waals surface area (Å²) in [6.07, 6.45) is 1.85. The SMILES string of the molecule is COc1cc(C2S/C(=C/c3ccccc3)C(=O)N2c2cc(Cl)c(Cl)cc2Cl)cc(OC)c1OC. The molecule has 0 aliphatic carbocycles. The molecule has 1 heterocycles. The van der Waals surface area contributed by atoms with Gasteiger partial charge in [0.05, 0.1) is 47.0 Å². The molecule has 176 valence electrons. The van der Waals surface area contributed by atoms with Crippen LogP contribution in [0.5, 0.6) is 17.2 Å². The Morgan fingerprint density at radius 1 is 0.853 bits per heavy atom. The molecule has 1 aliphatic heterocycles. The highest BCUT2D eigenvalue weighted by atomic mass is 35.5. The van der Waals surface area contributed by atoms with Gasteiger partial charge in [0, 0.05) is 0 Å². The van der Waals surface area contributed by atoms with E-state index in [0.717, 1.165) is 11.1 Å². The van der Waals surface area contributed by atoms with Crippen LogP contribution in [-0.4, -0.2) is 27.2 Å². The summed E-state index contributed by atoms with van der Waals surface area (Å²) in [4.78, 5) is 15.8. The van der Waals surface area contributed by atoms with Gasteiger partial charge in [-0.25, -0.2) is 0 Å². The maximum atomic E-state index is 13.7. The molecule has 0 saturated carbocycles. The number of thioether (sulfide) groups is 1. The largest absolute Gasteiger partial charge is 0.493 e. The van der Waals surface area contributed by atoms with E-state index in [2.05, 4.69) is 0 Å². The van der Waals surface area contributed by atoms with Crippen molar-refractivity contribution in [1.82, 2.24) is 0 Å². The first-order valence-corrected chi connectivity index (χ1v) is 12.1. The van der Waals surface area contributed by atoms with E-state index < -0.39 is 5.37 Å². The molecule has 1 atom stereocenters. The molecule has 9 heteroatoms. The Hall–Kier alpha value is -2.51. The number of amides is 1. The molecule has 3 aromatic carbocycles. The van der Waals surface area contributed by atoms with Crippen molar-refractivity contribution in [2.45, 2.75) is 5.37 Å². The average Bonchev–Trinajstić information content (AvgIpc) is 3.16. The molecule has 0 radical (unpaired) electrons. The van der Waals surface area contributed by atoms with Crippen LogP contribution in [0.1, 0.15) is 16.5 Å². The molecule has 1 saturated heterocycles. The second-order valence-corrected chi connectivity index (χ2v) is 9.58. The number of carbonyl (C=O) groups excluding carboxylic acids is 1. The van der Waals surface area contributed by atoms with Crippen molar-refractivity contribution < 1.29 is 19.0 Å². The molecule has 1 fully saturated rings. The average molecular weight is 537 g/mol. The van der Waals surface area contributed by atoms with Crippen molar-refractivity contribution >= 4 is 64.2 Å². The summed E-state index contributed by atoms with van der Waals surface area (Å²) >= 11 is 20.4. The van der Waals surface area contributed by atoms with Gasteiger partial charge in [-0.2, -0.15) is 0 Å². The van der Waals surface area contributed by atoms with Crippen molar-refractivity contribution in [1.29, 1.82) is 0 Å². The molecule has 4 rings (SSSR count). The molecule has 1 aliphatic rings. The van der Waals surface area contributed by atoms with Crippen LogP contribution >= 0.6 is 46.6 Å². The molecule has 5 nitrogen and oxygen atoms in total. The molecule has 1 amide bonds. The predicted molar refractivity (Wildman–Crippen MR) is 140 cm³/mol. The summed E-state index contributed by atoms with van der Waals surface area (Å²) in [7, 11) is 4.63. The summed E-state index contributed by atoms with van der Waals surface area (Å²) in [6, 6.07) is 16.4. The first kappa shape index (κ1) is 24.6. The monoisotopic (exact) mass is 535 g/mol. The topological polar surface area (TPSA) is 48.0 Å². The van der Waals surface area contributed by atoms with E-state index in [-0.39, 0.29) is 5.91 Å². The normalized spacial score (nSPS) is 16.8. The Morgan fingerprint density at radius 3 is 2.06 bits per heavy atom.